The molecule has 0 radical (unpaired) electrons. The second-order valence-corrected chi connectivity index (χ2v) is 9.09. The van der Waals surface area contributed by atoms with Crippen LogP contribution < -0.4 is 4.72 Å². The molecule has 0 saturated carbocycles. The zero-order chi connectivity index (χ0) is 19.8. The Morgan fingerprint density at radius 1 is 1.07 bits per heavy atom. The molecule has 27 heavy (non-hydrogen) atoms. The van der Waals surface area contributed by atoms with Crippen molar-refractivity contribution in [2.75, 3.05) is 0 Å². The average Bonchev–Trinajstić information content (AvgIpc) is 2.95. The number of hydrogen-bond acceptors (Lipinski definition) is 2. The first-order chi connectivity index (χ1) is 12.7. The summed E-state index contributed by atoms with van der Waals surface area (Å²) >= 11 is 0. The molecule has 0 aliphatic rings. The van der Waals surface area contributed by atoms with E-state index < -0.39 is 10.0 Å². The van der Waals surface area contributed by atoms with Gasteiger partial charge in [0.05, 0.1) is 10.4 Å². The van der Waals surface area contributed by atoms with Crippen LogP contribution in [-0.2, 0) is 23.5 Å². The van der Waals surface area contributed by atoms with Gasteiger partial charge in [0.25, 0.3) is 0 Å². The fraction of sp³-hybridized carbons (Fsp3) is 0.364. The number of para-hydroxylation sites is 1. The van der Waals surface area contributed by atoms with Crippen molar-refractivity contribution in [3.8, 4) is 0 Å². The van der Waals surface area contributed by atoms with Crippen molar-refractivity contribution in [1.29, 1.82) is 0 Å². The van der Waals surface area contributed by atoms with Crippen molar-refractivity contribution in [2.45, 2.75) is 51.5 Å². The Kier molecular flexibility index (Phi) is 5.45. The summed E-state index contributed by atoms with van der Waals surface area (Å²) < 4.78 is 31.3. The standard InChI is InChI=1S/C22H28N2O2S/c1-6-20(14-19-9-7-8-18-10-11-24(5)21(18)19)23-27(25,26)22-16(3)12-15(2)13-17(22)4/h7-13,20,23H,6,14H2,1-5H3/t20-/m0/s1. The lowest BCUT2D eigenvalue weighted by Gasteiger charge is -2.20. The van der Waals surface area contributed by atoms with E-state index in [1.54, 1.807) is 0 Å². The van der Waals surface area contributed by atoms with E-state index in [0.29, 0.717) is 11.3 Å². The van der Waals surface area contributed by atoms with Crippen LogP contribution in [0.2, 0.25) is 0 Å². The molecule has 144 valence electrons. The number of fused-ring (bicyclic) bond motifs is 1. The molecule has 0 aliphatic carbocycles. The molecule has 2 aromatic carbocycles. The van der Waals surface area contributed by atoms with Gasteiger partial charge in [0.1, 0.15) is 0 Å². The van der Waals surface area contributed by atoms with Crippen LogP contribution in [0.5, 0.6) is 0 Å². The van der Waals surface area contributed by atoms with E-state index in [2.05, 4.69) is 27.5 Å². The quantitative estimate of drug-likeness (QED) is 0.685. The summed E-state index contributed by atoms with van der Waals surface area (Å²) in [5, 5.41) is 1.18. The number of hydrogen-bond donors (Lipinski definition) is 1. The number of sulfonamides is 1. The van der Waals surface area contributed by atoms with Crippen LogP contribution in [0.1, 0.15) is 35.6 Å². The van der Waals surface area contributed by atoms with E-state index in [4.69, 9.17) is 0 Å². The molecule has 4 nitrogen and oxygen atoms in total. The molecule has 0 amide bonds. The predicted molar refractivity (Wildman–Crippen MR) is 112 cm³/mol. The first-order valence-corrected chi connectivity index (χ1v) is 10.8. The molecule has 1 atom stereocenters. The van der Waals surface area contributed by atoms with Gasteiger partial charge in [0.2, 0.25) is 10.0 Å². The minimum Gasteiger partial charge on any atom is -0.350 e. The molecule has 3 aromatic rings. The van der Waals surface area contributed by atoms with Crippen LogP contribution in [0.15, 0.2) is 47.5 Å². The molecular weight excluding hydrogens is 356 g/mol. The van der Waals surface area contributed by atoms with Gasteiger partial charge < -0.3 is 4.57 Å². The normalized spacial score (nSPS) is 13.2. The lowest BCUT2D eigenvalue weighted by Crippen LogP contribution is -2.36. The molecule has 0 unspecified atom stereocenters. The maximum absolute atomic E-state index is 13.1. The van der Waals surface area contributed by atoms with E-state index in [1.165, 1.54) is 5.39 Å². The predicted octanol–water partition coefficient (Wildman–Crippen LogP) is 4.40. The van der Waals surface area contributed by atoms with E-state index in [1.807, 2.05) is 59.1 Å². The second-order valence-electron chi connectivity index (χ2n) is 7.44. The van der Waals surface area contributed by atoms with Crippen molar-refractivity contribution in [3.63, 3.8) is 0 Å². The monoisotopic (exact) mass is 384 g/mol. The fourth-order valence-corrected chi connectivity index (χ4v) is 5.78. The first kappa shape index (κ1) is 19.6. The minimum atomic E-state index is -3.58. The molecule has 1 heterocycles. The summed E-state index contributed by atoms with van der Waals surface area (Å²) in [6.07, 6.45) is 3.43. The van der Waals surface area contributed by atoms with Gasteiger partial charge in [-0.15, -0.1) is 0 Å². The molecule has 0 aliphatic heterocycles. The Balaban J connectivity index is 1.92. The lowest BCUT2D eigenvalue weighted by molar-refractivity contribution is 0.536. The highest BCUT2D eigenvalue weighted by Gasteiger charge is 2.24. The number of nitrogens with one attached hydrogen (secondary N) is 1. The zero-order valence-corrected chi connectivity index (χ0v) is 17.5. The summed E-state index contributed by atoms with van der Waals surface area (Å²) in [5.41, 5.74) is 4.98. The highest BCUT2D eigenvalue weighted by Crippen LogP contribution is 2.24. The third-order valence-corrected chi connectivity index (χ3v) is 6.96. The third-order valence-electron chi connectivity index (χ3n) is 5.14. The number of aromatic nitrogens is 1. The van der Waals surface area contributed by atoms with Crippen molar-refractivity contribution in [1.82, 2.24) is 9.29 Å². The average molecular weight is 385 g/mol. The van der Waals surface area contributed by atoms with Crippen LogP contribution in [-0.4, -0.2) is 19.0 Å². The van der Waals surface area contributed by atoms with Crippen LogP contribution in [0.4, 0.5) is 0 Å². The van der Waals surface area contributed by atoms with Crippen LogP contribution in [0, 0.1) is 20.8 Å². The molecule has 1 aromatic heterocycles. The minimum absolute atomic E-state index is 0.157. The lowest BCUT2D eigenvalue weighted by atomic mass is 10.0. The summed E-state index contributed by atoms with van der Waals surface area (Å²) in [6, 6.07) is 12.0. The Morgan fingerprint density at radius 2 is 1.74 bits per heavy atom. The number of nitrogens with zero attached hydrogens (tertiary/aromatic N) is 1. The summed E-state index contributed by atoms with van der Waals surface area (Å²) in [6.45, 7) is 7.73. The van der Waals surface area contributed by atoms with E-state index in [9.17, 15) is 8.42 Å². The van der Waals surface area contributed by atoms with Gasteiger partial charge in [0.15, 0.2) is 0 Å². The van der Waals surface area contributed by atoms with Crippen LogP contribution >= 0.6 is 0 Å². The Bertz CT molecular complexity index is 1060. The zero-order valence-electron chi connectivity index (χ0n) is 16.7. The van der Waals surface area contributed by atoms with E-state index >= 15 is 0 Å². The molecule has 3 rings (SSSR count). The smallest absolute Gasteiger partial charge is 0.241 e. The highest BCUT2D eigenvalue weighted by molar-refractivity contribution is 7.89. The van der Waals surface area contributed by atoms with E-state index in [0.717, 1.165) is 34.2 Å². The van der Waals surface area contributed by atoms with E-state index in [-0.39, 0.29) is 6.04 Å². The number of rotatable bonds is 6. The van der Waals surface area contributed by atoms with Gasteiger partial charge in [-0.3, -0.25) is 0 Å². The van der Waals surface area contributed by atoms with Gasteiger partial charge >= 0.3 is 0 Å². The Hall–Kier alpha value is -2.11. The largest absolute Gasteiger partial charge is 0.350 e. The van der Waals surface area contributed by atoms with Crippen LogP contribution in [0.3, 0.4) is 0 Å². The fourth-order valence-electron chi connectivity index (χ4n) is 4.01. The van der Waals surface area contributed by atoms with Crippen molar-refractivity contribution < 1.29 is 8.42 Å². The van der Waals surface area contributed by atoms with Crippen LogP contribution in [0.25, 0.3) is 10.9 Å². The molecule has 0 fully saturated rings. The Morgan fingerprint density at radius 3 is 2.37 bits per heavy atom. The van der Waals surface area contributed by atoms with Gasteiger partial charge in [-0.2, -0.15) is 0 Å². The highest BCUT2D eigenvalue weighted by atomic mass is 32.2. The maximum Gasteiger partial charge on any atom is 0.241 e. The molecule has 0 bridgehead atoms. The van der Waals surface area contributed by atoms with Crippen molar-refractivity contribution in [2.24, 2.45) is 7.05 Å². The summed E-state index contributed by atoms with van der Waals surface area (Å²) in [7, 11) is -1.55. The number of benzene rings is 2. The summed E-state index contributed by atoms with van der Waals surface area (Å²) in [4.78, 5) is 0.406. The SMILES string of the molecule is CC[C@@H](Cc1cccc2ccn(C)c12)NS(=O)(=O)c1c(C)cc(C)cc1C. The van der Waals surface area contributed by atoms with Gasteiger partial charge in [-0.25, -0.2) is 13.1 Å². The van der Waals surface area contributed by atoms with Gasteiger partial charge in [-0.1, -0.05) is 42.8 Å². The van der Waals surface area contributed by atoms with Crippen molar-refractivity contribution >= 4 is 20.9 Å². The second kappa shape index (κ2) is 7.49. The van der Waals surface area contributed by atoms with Gasteiger partial charge in [-0.05, 0) is 61.8 Å². The molecule has 0 spiro atoms. The topological polar surface area (TPSA) is 51.1 Å². The first-order valence-electron chi connectivity index (χ1n) is 9.36. The molecular formula is C22H28N2O2S. The Labute approximate surface area is 162 Å². The number of aryl methyl sites for hydroxylation is 4. The molecule has 0 saturated heterocycles. The van der Waals surface area contributed by atoms with Gasteiger partial charge in [0, 0.05) is 19.3 Å². The molecule has 1 N–H and O–H groups in total. The van der Waals surface area contributed by atoms with Crippen molar-refractivity contribution in [3.05, 3.63) is 64.8 Å². The molecule has 5 heteroatoms. The maximum atomic E-state index is 13.1. The third kappa shape index (κ3) is 3.94. The summed E-state index contributed by atoms with van der Waals surface area (Å²) in [5.74, 6) is 0.